The first-order valence-electron chi connectivity index (χ1n) is 11.9. The summed E-state index contributed by atoms with van der Waals surface area (Å²) in [5, 5.41) is 8.61. The number of aromatic nitrogens is 1. The number of nitrogens with zero attached hydrogens (tertiary/aromatic N) is 1. The maximum atomic E-state index is 13.7. The predicted octanol–water partition coefficient (Wildman–Crippen LogP) is 5.69. The standard InChI is InChI=1S/C27H28N4O3S2/c1-14-8-9-18(15(2)12-14)31-25(32)20-16(3)30-27-22(21(20)19-7-5-11-35-19)23(28)24(36-27)26(33)29-13-17-6-4-10-34-17/h5,7-9,11-12,17H,4,6,10,13,28H2,1-3H3,(H,29,33)(H,31,32)/t17-/m0/s1. The van der Waals surface area contributed by atoms with Gasteiger partial charge in [0.25, 0.3) is 11.8 Å². The summed E-state index contributed by atoms with van der Waals surface area (Å²) < 4.78 is 5.62. The van der Waals surface area contributed by atoms with Crippen LogP contribution in [0.3, 0.4) is 0 Å². The molecule has 7 nitrogen and oxygen atoms in total. The number of nitrogen functional groups attached to an aromatic ring is 1. The highest BCUT2D eigenvalue weighted by Gasteiger charge is 2.27. The van der Waals surface area contributed by atoms with Crippen LogP contribution in [0.4, 0.5) is 11.4 Å². The molecule has 0 spiro atoms. The van der Waals surface area contributed by atoms with Crippen LogP contribution in [0.15, 0.2) is 35.7 Å². The van der Waals surface area contributed by atoms with Crippen molar-refractivity contribution in [3.63, 3.8) is 0 Å². The third-order valence-corrected chi connectivity index (χ3v) is 8.39. The summed E-state index contributed by atoms with van der Waals surface area (Å²) in [6, 6.07) is 9.80. The number of nitrogens with two attached hydrogens (primary N) is 1. The van der Waals surface area contributed by atoms with Gasteiger partial charge >= 0.3 is 0 Å². The van der Waals surface area contributed by atoms with E-state index in [2.05, 4.69) is 10.6 Å². The number of anilines is 2. The lowest BCUT2D eigenvalue weighted by Gasteiger charge is -2.15. The number of pyridine rings is 1. The second-order valence-corrected chi connectivity index (χ2v) is 11.0. The van der Waals surface area contributed by atoms with Gasteiger partial charge < -0.3 is 21.1 Å². The fourth-order valence-corrected chi connectivity index (χ4v) is 6.46. The highest BCUT2D eigenvalue weighted by atomic mass is 32.1. The Bertz CT molecular complexity index is 1450. The van der Waals surface area contributed by atoms with Gasteiger partial charge in [0.2, 0.25) is 0 Å². The molecule has 36 heavy (non-hydrogen) atoms. The Hall–Kier alpha value is -3.27. The van der Waals surface area contributed by atoms with Crippen LogP contribution in [0.1, 0.15) is 49.7 Å². The molecule has 0 saturated carbocycles. The molecule has 3 aromatic heterocycles. The molecule has 1 fully saturated rings. The minimum absolute atomic E-state index is 0.0344. The summed E-state index contributed by atoms with van der Waals surface area (Å²) in [6.45, 7) is 6.98. The Labute approximate surface area is 217 Å². The van der Waals surface area contributed by atoms with E-state index in [1.165, 1.54) is 22.7 Å². The van der Waals surface area contributed by atoms with Crippen LogP contribution in [0, 0.1) is 20.8 Å². The molecule has 1 aromatic carbocycles. The number of hydrogen-bond donors (Lipinski definition) is 3. The summed E-state index contributed by atoms with van der Waals surface area (Å²) in [4.78, 5) is 33.4. The first kappa shape index (κ1) is 24.4. The molecule has 5 rings (SSSR count). The molecule has 0 unspecified atom stereocenters. The number of hydrogen-bond acceptors (Lipinski definition) is 7. The Kier molecular flexibility index (Phi) is 6.79. The van der Waals surface area contributed by atoms with E-state index in [0.29, 0.717) is 44.1 Å². The highest BCUT2D eigenvalue weighted by molar-refractivity contribution is 7.21. The van der Waals surface area contributed by atoms with Crippen LogP contribution in [-0.4, -0.2) is 36.1 Å². The van der Waals surface area contributed by atoms with E-state index in [9.17, 15) is 9.59 Å². The number of nitrogens with one attached hydrogen (secondary N) is 2. The lowest BCUT2D eigenvalue weighted by molar-refractivity contribution is 0.0861. The van der Waals surface area contributed by atoms with Gasteiger partial charge in [0.1, 0.15) is 9.71 Å². The zero-order valence-corrected chi connectivity index (χ0v) is 22.1. The molecule has 4 heterocycles. The molecule has 1 atom stereocenters. The van der Waals surface area contributed by atoms with E-state index in [1.54, 1.807) is 0 Å². The van der Waals surface area contributed by atoms with Crippen LogP contribution in [0.25, 0.3) is 20.7 Å². The van der Waals surface area contributed by atoms with Crippen molar-refractivity contribution in [2.24, 2.45) is 0 Å². The zero-order chi connectivity index (χ0) is 25.4. The first-order chi connectivity index (χ1) is 17.3. The van der Waals surface area contributed by atoms with Gasteiger partial charge in [0.15, 0.2) is 0 Å². The monoisotopic (exact) mass is 520 g/mol. The van der Waals surface area contributed by atoms with Crippen molar-refractivity contribution < 1.29 is 14.3 Å². The molecule has 0 bridgehead atoms. The van der Waals surface area contributed by atoms with Crippen molar-refractivity contribution >= 4 is 56.1 Å². The maximum Gasteiger partial charge on any atom is 0.263 e. The molecule has 4 N–H and O–H groups in total. The quantitative estimate of drug-likeness (QED) is 0.303. The van der Waals surface area contributed by atoms with Crippen LogP contribution >= 0.6 is 22.7 Å². The number of rotatable bonds is 6. The summed E-state index contributed by atoms with van der Waals surface area (Å²) in [6.07, 6.45) is 1.98. The van der Waals surface area contributed by atoms with E-state index in [1.807, 2.05) is 56.5 Å². The predicted molar refractivity (Wildman–Crippen MR) is 147 cm³/mol. The third kappa shape index (κ3) is 4.61. The van der Waals surface area contributed by atoms with Crippen molar-refractivity contribution in [3.05, 3.63) is 63.0 Å². The second-order valence-electron chi connectivity index (χ2n) is 9.07. The maximum absolute atomic E-state index is 13.7. The first-order valence-corrected chi connectivity index (χ1v) is 13.6. The molecule has 0 radical (unpaired) electrons. The minimum atomic E-state index is -0.257. The Morgan fingerprint density at radius 3 is 2.72 bits per heavy atom. The highest BCUT2D eigenvalue weighted by Crippen LogP contribution is 2.43. The smallest absolute Gasteiger partial charge is 0.263 e. The topological polar surface area (TPSA) is 106 Å². The van der Waals surface area contributed by atoms with Gasteiger partial charge in [0, 0.05) is 34.7 Å². The summed E-state index contributed by atoms with van der Waals surface area (Å²) in [5.41, 5.74) is 11.5. The van der Waals surface area contributed by atoms with Crippen molar-refractivity contribution in [1.82, 2.24) is 10.3 Å². The normalized spacial score (nSPS) is 15.4. The molecule has 4 aromatic rings. The molecule has 2 amide bonds. The van der Waals surface area contributed by atoms with Gasteiger partial charge in [-0.05, 0) is 56.7 Å². The van der Waals surface area contributed by atoms with Crippen LogP contribution < -0.4 is 16.4 Å². The largest absolute Gasteiger partial charge is 0.397 e. The fourth-order valence-electron chi connectivity index (χ4n) is 4.61. The summed E-state index contributed by atoms with van der Waals surface area (Å²) in [7, 11) is 0. The number of ether oxygens (including phenoxy) is 1. The van der Waals surface area contributed by atoms with Gasteiger partial charge in [-0.3, -0.25) is 9.59 Å². The molecule has 9 heteroatoms. The average Bonchev–Trinajstić information content (AvgIpc) is 3.60. The number of amides is 2. The average molecular weight is 521 g/mol. The van der Waals surface area contributed by atoms with E-state index in [4.69, 9.17) is 15.5 Å². The summed E-state index contributed by atoms with van der Waals surface area (Å²) >= 11 is 2.77. The Morgan fingerprint density at radius 1 is 1.19 bits per heavy atom. The Morgan fingerprint density at radius 2 is 2.03 bits per heavy atom. The molecular formula is C27H28N4O3S2. The van der Waals surface area contributed by atoms with Gasteiger partial charge in [-0.15, -0.1) is 22.7 Å². The number of carbonyl (C=O) groups excluding carboxylic acids is 2. The fraction of sp³-hybridized carbons (Fsp3) is 0.296. The zero-order valence-electron chi connectivity index (χ0n) is 20.4. The Balaban J connectivity index is 1.58. The number of thiophene rings is 2. The van der Waals surface area contributed by atoms with Gasteiger partial charge in [-0.25, -0.2) is 4.98 Å². The SMILES string of the molecule is Cc1ccc(NC(=O)c2c(C)nc3sc(C(=O)NC[C@@H]4CCCO4)c(N)c3c2-c2cccs2)c(C)c1. The minimum Gasteiger partial charge on any atom is -0.397 e. The number of aryl methyl sites for hydroxylation is 3. The van der Waals surface area contributed by atoms with Crippen LogP contribution in [0.2, 0.25) is 0 Å². The van der Waals surface area contributed by atoms with Crippen LogP contribution in [0.5, 0.6) is 0 Å². The van der Waals surface area contributed by atoms with E-state index < -0.39 is 0 Å². The number of fused-ring (bicyclic) bond motifs is 1. The third-order valence-electron chi connectivity index (χ3n) is 6.40. The van der Waals surface area contributed by atoms with E-state index >= 15 is 0 Å². The second kappa shape index (κ2) is 10.0. The number of carbonyl (C=O) groups is 2. The lowest BCUT2D eigenvalue weighted by atomic mass is 9.99. The molecule has 186 valence electrons. The van der Waals surface area contributed by atoms with Crippen molar-refractivity contribution in [2.75, 3.05) is 24.2 Å². The van der Waals surface area contributed by atoms with Gasteiger partial charge in [-0.2, -0.15) is 0 Å². The lowest BCUT2D eigenvalue weighted by Crippen LogP contribution is -2.31. The van der Waals surface area contributed by atoms with E-state index in [0.717, 1.165) is 41.1 Å². The van der Waals surface area contributed by atoms with E-state index in [-0.39, 0.29) is 17.9 Å². The van der Waals surface area contributed by atoms with Crippen LogP contribution in [-0.2, 0) is 4.74 Å². The molecule has 1 aliphatic rings. The molecule has 1 aliphatic heterocycles. The molecule has 1 saturated heterocycles. The van der Waals surface area contributed by atoms with Crippen molar-refractivity contribution in [3.8, 4) is 10.4 Å². The number of benzene rings is 1. The van der Waals surface area contributed by atoms with Gasteiger partial charge in [0.05, 0.1) is 23.0 Å². The molecular weight excluding hydrogens is 492 g/mol. The van der Waals surface area contributed by atoms with Crippen molar-refractivity contribution in [1.29, 1.82) is 0 Å². The molecule has 0 aliphatic carbocycles. The van der Waals surface area contributed by atoms with Crippen molar-refractivity contribution in [2.45, 2.75) is 39.7 Å². The summed E-state index contributed by atoms with van der Waals surface area (Å²) in [5.74, 6) is -0.505. The van der Waals surface area contributed by atoms with Gasteiger partial charge in [-0.1, -0.05) is 23.8 Å².